The Morgan fingerprint density at radius 2 is 2.11 bits per heavy atom. The van der Waals surface area contributed by atoms with Crippen molar-refractivity contribution in [3.63, 3.8) is 0 Å². The Hall–Kier alpha value is -0.960. The Kier molecular flexibility index (Phi) is 4.00. The fraction of sp³-hybridized carbons (Fsp3) is 0.700. The molecule has 0 aliphatic carbocycles. The lowest BCUT2D eigenvalue weighted by Gasteiger charge is -2.26. The molecular weight excluding hydrogens is 254 g/mol. The van der Waals surface area contributed by atoms with Crippen molar-refractivity contribution in [3.05, 3.63) is 17.5 Å². The van der Waals surface area contributed by atoms with E-state index in [0.717, 1.165) is 11.3 Å². The third-order valence-electron chi connectivity index (χ3n) is 3.20. The fourth-order valence-corrected chi connectivity index (χ4v) is 3.05. The molecule has 0 unspecified atom stereocenters. The molecule has 0 atom stereocenters. The van der Waals surface area contributed by atoms with Crippen LogP contribution in [0.4, 0.5) is 0 Å². The molecule has 0 spiro atoms. The molecule has 102 valence electrons. The maximum Gasteiger partial charge on any atom is 0.279 e. The lowest BCUT2D eigenvalue weighted by Crippen LogP contribution is -2.50. The van der Waals surface area contributed by atoms with Crippen molar-refractivity contribution >= 4 is 10.2 Å². The second kappa shape index (κ2) is 5.35. The minimum Gasteiger partial charge on any atom is -0.314 e. The minimum absolute atomic E-state index is 0.284. The van der Waals surface area contributed by atoms with Gasteiger partial charge in [0.05, 0.1) is 6.20 Å². The second-order valence-corrected chi connectivity index (χ2v) is 6.11. The normalized spacial score (nSPS) is 18.1. The molecule has 2 N–H and O–H groups in total. The second-order valence-electron chi connectivity index (χ2n) is 4.35. The number of nitrogens with zero attached hydrogens (tertiary/aromatic N) is 3. The largest absolute Gasteiger partial charge is 0.314 e. The van der Waals surface area contributed by atoms with E-state index in [4.69, 9.17) is 0 Å². The smallest absolute Gasteiger partial charge is 0.279 e. The highest BCUT2D eigenvalue weighted by atomic mass is 32.2. The average molecular weight is 273 g/mol. The maximum absolute atomic E-state index is 12.0. The summed E-state index contributed by atoms with van der Waals surface area (Å²) in [7, 11) is -1.55. The van der Waals surface area contributed by atoms with Gasteiger partial charge in [0, 0.05) is 51.0 Å². The molecule has 2 rings (SSSR count). The molecule has 7 nitrogen and oxygen atoms in total. The molecule has 1 aliphatic heterocycles. The van der Waals surface area contributed by atoms with Gasteiger partial charge in [0.1, 0.15) is 0 Å². The Morgan fingerprint density at radius 3 is 2.67 bits per heavy atom. The average Bonchev–Trinajstić information content (AvgIpc) is 2.69. The van der Waals surface area contributed by atoms with Gasteiger partial charge >= 0.3 is 0 Å². The molecule has 1 aromatic rings. The van der Waals surface area contributed by atoms with Crippen LogP contribution in [0.25, 0.3) is 0 Å². The zero-order valence-corrected chi connectivity index (χ0v) is 11.5. The Morgan fingerprint density at radius 1 is 1.44 bits per heavy atom. The maximum atomic E-state index is 12.0. The highest BCUT2D eigenvalue weighted by molar-refractivity contribution is 7.87. The molecule has 0 amide bonds. The Bertz CT molecular complexity index is 504. The molecule has 1 aromatic heterocycles. The Labute approximate surface area is 107 Å². The summed E-state index contributed by atoms with van der Waals surface area (Å²) in [6, 6.07) is 0. The first-order valence-electron chi connectivity index (χ1n) is 5.93. The zero-order valence-electron chi connectivity index (χ0n) is 10.7. The molecule has 8 heteroatoms. The van der Waals surface area contributed by atoms with Crippen LogP contribution < -0.4 is 10.0 Å². The summed E-state index contributed by atoms with van der Waals surface area (Å²) in [5.74, 6) is 0. The predicted octanol–water partition coefficient (Wildman–Crippen LogP) is -1.03. The quantitative estimate of drug-likeness (QED) is 0.735. The van der Waals surface area contributed by atoms with E-state index in [1.54, 1.807) is 10.9 Å². The minimum atomic E-state index is -3.38. The van der Waals surface area contributed by atoms with E-state index in [2.05, 4.69) is 15.1 Å². The highest BCUT2D eigenvalue weighted by Gasteiger charge is 2.23. The van der Waals surface area contributed by atoms with Crippen LogP contribution >= 0.6 is 0 Å². The van der Waals surface area contributed by atoms with Crippen molar-refractivity contribution in [1.29, 1.82) is 0 Å². The first-order valence-corrected chi connectivity index (χ1v) is 7.37. The molecule has 0 radical (unpaired) electrons. The topological polar surface area (TPSA) is 79.3 Å². The number of hydrogen-bond acceptors (Lipinski definition) is 4. The monoisotopic (exact) mass is 273 g/mol. The van der Waals surface area contributed by atoms with Crippen molar-refractivity contribution in [1.82, 2.24) is 24.1 Å². The number of hydrogen-bond donors (Lipinski definition) is 2. The van der Waals surface area contributed by atoms with Crippen molar-refractivity contribution in [3.8, 4) is 0 Å². The summed E-state index contributed by atoms with van der Waals surface area (Å²) in [6.07, 6.45) is 1.69. The molecule has 2 heterocycles. The predicted molar refractivity (Wildman–Crippen MR) is 68.1 cm³/mol. The van der Waals surface area contributed by atoms with E-state index >= 15 is 0 Å². The van der Waals surface area contributed by atoms with E-state index in [0.29, 0.717) is 26.2 Å². The molecule has 18 heavy (non-hydrogen) atoms. The SMILES string of the molecule is Cc1c(CNS(=O)(=O)N2CCNCC2)cnn1C. The number of nitrogens with one attached hydrogen (secondary N) is 2. The van der Waals surface area contributed by atoms with Gasteiger partial charge in [-0.1, -0.05) is 0 Å². The number of aromatic nitrogens is 2. The fourth-order valence-electron chi connectivity index (χ4n) is 1.86. The number of piperazine rings is 1. The molecule has 0 saturated carbocycles. The standard InChI is InChI=1S/C10H19N5O2S/c1-9-10(7-12-14(9)2)8-13-18(16,17)15-5-3-11-4-6-15/h7,11,13H,3-6,8H2,1-2H3. The van der Waals surface area contributed by atoms with Gasteiger partial charge in [0.25, 0.3) is 10.2 Å². The van der Waals surface area contributed by atoms with Gasteiger partial charge in [0.15, 0.2) is 0 Å². The third-order valence-corrected chi connectivity index (χ3v) is 4.75. The van der Waals surface area contributed by atoms with Gasteiger partial charge in [0.2, 0.25) is 0 Å². The first kappa shape index (κ1) is 13.5. The summed E-state index contributed by atoms with van der Waals surface area (Å²) in [6.45, 7) is 4.63. The van der Waals surface area contributed by atoms with Crippen LogP contribution in [0.2, 0.25) is 0 Å². The van der Waals surface area contributed by atoms with E-state index in [1.165, 1.54) is 4.31 Å². The van der Waals surface area contributed by atoms with Crippen LogP contribution in [0, 0.1) is 6.92 Å². The van der Waals surface area contributed by atoms with Crippen LogP contribution in [0.1, 0.15) is 11.3 Å². The molecule has 0 bridgehead atoms. The lowest BCUT2D eigenvalue weighted by atomic mass is 10.3. The van der Waals surface area contributed by atoms with Crippen molar-refractivity contribution in [2.75, 3.05) is 26.2 Å². The number of rotatable bonds is 4. The lowest BCUT2D eigenvalue weighted by molar-refractivity contribution is 0.354. The molecule has 1 saturated heterocycles. The van der Waals surface area contributed by atoms with Crippen LogP contribution in [0.3, 0.4) is 0 Å². The van der Waals surface area contributed by atoms with Gasteiger partial charge in [-0.2, -0.15) is 22.5 Å². The van der Waals surface area contributed by atoms with E-state index in [-0.39, 0.29) is 6.54 Å². The van der Waals surface area contributed by atoms with Gasteiger partial charge < -0.3 is 5.32 Å². The van der Waals surface area contributed by atoms with Gasteiger partial charge in [-0.15, -0.1) is 0 Å². The van der Waals surface area contributed by atoms with Crippen LogP contribution in [-0.2, 0) is 23.8 Å². The van der Waals surface area contributed by atoms with Gasteiger partial charge in [-0.25, -0.2) is 0 Å². The molecule has 0 aromatic carbocycles. The van der Waals surface area contributed by atoms with Crippen molar-refractivity contribution in [2.45, 2.75) is 13.5 Å². The highest BCUT2D eigenvalue weighted by Crippen LogP contribution is 2.07. The first-order chi connectivity index (χ1) is 8.50. The molecular formula is C10H19N5O2S. The summed E-state index contributed by atoms with van der Waals surface area (Å²) in [5.41, 5.74) is 1.87. The van der Waals surface area contributed by atoms with Crippen molar-refractivity contribution in [2.24, 2.45) is 7.05 Å². The summed E-state index contributed by atoms with van der Waals surface area (Å²) >= 11 is 0. The van der Waals surface area contributed by atoms with Crippen LogP contribution in [0.15, 0.2) is 6.20 Å². The van der Waals surface area contributed by atoms with Crippen LogP contribution in [-0.4, -0.2) is 48.7 Å². The molecule has 1 fully saturated rings. The van der Waals surface area contributed by atoms with Gasteiger partial charge in [-0.3, -0.25) is 4.68 Å². The number of aryl methyl sites for hydroxylation is 1. The van der Waals surface area contributed by atoms with E-state index in [1.807, 2.05) is 14.0 Å². The van der Waals surface area contributed by atoms with Gasteiger partial charge in [-0.05, 0) is 6.92 Å². The summed E-state index contributed by atoms with van der Waals surface area (Å²) in [4.78, 5) is 0. The van der Waals surface area contributed by atoms with E-state index in [9.17, 15) is 8.42 Å². The third kappa shape index (κ3) is 2.89. The van der Waals surface area contributed by atoms with Crippen molar-refractivity contribution < 1.29 is 8.42 Å². The summed E-state index contributed by atoms with van der Waals surface area (Å²) < 4.78 is 29.9. The van der Waals surface area contributed by atoms with Crippen LogP contribution in [0.5, 0.6) is 0 Å². The molecule has 1 aliphatic rings. The zero-order chi connectivity index (χ0) is 13.2. The summed E-state index contributed by atoms with van der Waals surface area (Å²) in [5, 5.41) is 7.21. The van der Waals surface area contributed by atoms with E-state index < -0.39 is 10.2 Å². The Balaban J connectivity index is 1.98.